The van der Waals surface area contributed by atoms with E-state index in [1.165, 1.54) is 68.2 Å². The number of piperazine rings is 1. The van der Waals surface area contributed by atoms with E-state index in [0.717, 1.165) is 18.5 Å². The van der Waals surface area contributed by atoms with Crippen molar-refractivity contribution in [2.45, 2.75) is 44.2 Å². The van der Waals surface area contributed by atoms with Gasteiger partial charge in [-0.1, -0.05) is 72.8 Å². The Morgan fingerprint density at radius 1 is 0.714 bits per heavy atom. The van der Waals surface area contributed by atoms with Crippen molar-refractivity contribution in [3.63, 3.8) is 0 Å². The van der Waals surface area contributed by atoms with Crippen molar-refractivity contribution >= 4 is 22.7 Å². The monoisotopic (exact) mass is 474 g/mol. The van der Waals surface area contributed by atoms with Crippen molar-refractivity contribution in [3.8, 4) is 0 Å². The molecule has 2 fully saturated rings. The molecule has 1 heterocycles. The Balaban J connectivity index is 0.000000431. The number of benzene rings is 3. The van der Waals surface area contributed by atoms with E-state index in [1.807, 2.05) is 0 Å². The van der Waals surface area contributed by atoms with Gasteiger partial charge in [-0.05, 0) is 53.5 Å². The molecule has 3 aromatic rings. The van der Waals surface area contributed by atoms with E-state index in [2.05, 4.69) is 82.6 Å². The van der Waals surface area contributed by atoms with E-state index in [-0.39, 0.29) is 0 Å². The zero-order valence-electron chi connectivity index (χ0n) is 20.1. The van der Waals surface area contributed by atoms with E-state index >= 15 is 0 Å². The highest BCUT2D eigenvalue weighted by atomic mass is 16.4. The summed E-state index contributed by atoms with van der Waals surface area (Å²) >= 11 is 0. The molecule has 35 heavy (non-hydrogen) atoms. The van der Waals surface area contributed by atoms with Crippen molar-refractivity contribution in [2.75, 3.05) is 26.2 Å². The minimum Gasteiger partial charge on any atom is -0.473 e. The third kappa shape index (κ3) is 6.68. The van der Waals surface area contributed by atoms with Crippen molar-refractivity contribution in [2.24, 2.45) is 0 Å². The van der Waals surface area contributed by atoms with Gasteiger partial charge in [0, 0.05) is 38.8 Å². The van der Waals surface area contributed by atoms with E-state index in [1.54, 1.807) is 5.56 Å². The largest absolute Gasteiger partial charge is 0.473 e. The van der Waals surface area contributed by atoms with Crippen LogP contribution in [-0.4, -0.2) is 64.2 Å². The molecular weight excluding hydrogens is 440 g/mol. The predicted molar refractivity (Wildman–Crippen MR) is 138 cm³/mol. The maximum atomic E-state index is 9.10. The van der Waals surface area contributed by atoms with Crippen molar-refractivity contribution in [1.29, 1.82) is 0 Å². The van der Waals surface area contributed by atoms with Crippen molar-refractivity contribution in [3.05, 3.63) is 83.9 Å². The van der Waals surface area contributed by atoms with Gasteiger partial charge in [0.05, 0.1) is 0 Å². The maximum absolute atomic E-state index is 9.10. The second-order valence-corrected chi connectivity index (χ2v) is 9.48. The van der Waals surface area contributed by atoms with Crippen molar-refractivity contribution in [1.82, 2.24) is 9.80 Å². The Morgan fingerprint density at radius 2 is 1.31 bits per heavy atom. The second kappa shape index (κ2) is 12.0. The third-order valence-electron chi connectivity index (χ3n) is 7.35. The molecule has 1 saturated heterocycles. The van der Waals surface area contributed by atoms with Crippen LogP contribution in [-0.2, 0) is 16.1 Å². The van der Waals surface area contributed by atoms with E-state index in [4.69, 9.17) is 19.8 Å². The number of carboxylic acid groups (broad SMARTS) is 2. The van der Waals surface area contributed by atoms with Crippen LogP contribution < -0.4 is 0 Å². The Hall–Kier alpha value is -3.22. The molecule has 5 rings (SSSR count). The van der Waals surface area contributed by atoms with Gasteiger partial charge in [0.2, 0.25) is 0 Å². The summed E-state index contributed by atoms with van der Waals surface area (Å²) < 4.78 is 0. The molecule has 6 nitrogen and oxygen atoms in total. The van der Waals surface area contributed by atoms with Crippen LogP contribution in [0.4, 0.5) is 0 Å². The average molecular weight is 475 g/mol. The molecule has 3 aromatic carbocycles. The lowest BCUT2D eigenvalue weighted by Gasteiger charge is -2.42. The van der Waals surface area contributed by atoms with Crippen molar-refractivity contribution < 1.29 is 19.8 Å². The summed E-state index contributed by atoms with van der Waals surface area (Å²) in [5, 5.41) is 17.6. The van der Waals surface area contributed by atoms with Gasteiger partial charge in [-0.3, -0.25) is 9.80 Å². The van der Waals surface area contributed by atoms with Gasteiger partial charge in [-0.2, -0.15) is 0 Å². The molecule has 1 aliphatic carbocycles. The highest BCUT2D eigenvalue weighted by molar-refractivity contribution is 6.27. The molecule has 0 amide bonds. The molecule has 6 heteroatoms. The lowest BCUT2D eigenvalue weighted by atomic mass is 9.81. The molecule has 0 bridgehead atoms. The predicted octanol–water partition coefficient (Wildman–Crippen LogP) is 4.84. The lowest BCUT2D eigenvalue weighted by molar-refractivity contribution is -0.159. The zero-order valence-corrected chi connectivity index (χ0v) is 20.1. The van der Waals surface area contributed by atoms with Crippen LogP contribution in [0.2, 0.25) is 0 Å². The van der Waals surface area contributed by atoms with Gasteiger partial charge in [-0.15, -0.1) is 0 Å². The highest BCUT2D eigenvalue weighted by Gasteiger charge is 2.28. The lowest BCUT2D eigenvalue weighted by Crippen LogP contribution is -2.50. The Morgan fingerprint density at radius 3 is 1.97 bits per heavy atom. The number of carboxylic acids is 2. The van der Waals surface area contributed by atoms with Crippen LogP contribution in [0, 0.1) is 0 Å². The molecule has 1 aliphatic heterocycles. The smallest absolute Gasteiger partial charge is 0.414 e. The molecule has 0 atom stereocenters. The van der Waals surface area contributed by atoms with Gasteiger partial charge in [0.25, 0.3) is 0 Å². The number of hydrogen-bond donors (Lipinski definition) is 2. The SMILES string of the molecule is O=C(O)C(=O)O.c1ccc(C2CCC(N3CCN(Cc4cccc5ccccc45)CC3)CC2)cc1. The summed E-state index contributed by atoms with van der Waals surface area (Å²) in [4.78, 5) is 23.6. The molecule has 0 spiro atoms. The van der Waals surface area contributed by atoms with Crippen LogP contribution in [0.3, 0.4) is 0 Å². The van der Waals surface area contributed by atoms with Gasteiger partial charge in [0.15, 0.2) is 0 Å². The Kier molecular flexibility index (Phi) is 8.50. The zero-order chi connectivity index (χ0) is 24.6. The average Bonchev–Trinajstić information content (AvgIpc) is 2.90. The molecular formula is C29H34N2O4. The number of aliphatic carboxylic acids is 2. The number of hydrogen-bond acceptors (Lipinski definition) is 4. The molecule has 0 unspecified atom stereocenters. The van der Waals surface area contributed by atoms with Crippen LogP contribution >= 0.6 is 0 Å². The Bertz CT molecular complexity index is 1100. The molecule has 1 saturated carbocycles. The first-order valence-electron chi connectivity index (χ1n) is 12.5. The number of carbonyl (C=O) groups is 2. The minimum absolute atomic E-state index is 0.778. The summed E-state index contributed by atoms with van der Waals surface area (Å²) in [6, 6.07) is 27.5. The van der Waals surface area contributed by atoms with Crippen LogP contribution in [0.5, 0.6) is 0 Å². The first-order chi connectivity index (χ1) is 17.0. The van der Waals surface area contributed by atoms with E-state index in [0.29, 0.717) is 0 Å². The third-order valence-corrected chi connectivity index (χ3v) is 7.35. The molecule has 184 valence electrons. The molecule has 0 radical (unpaired) electrons. The van der Waals surface area contributed by atoms with E-state index in [9.17, 15) is 0 Å². The van der Waals surface area contributed by atoms with Gasteiger partial charge >= 0.3 is 11.9 Å². The summed E-state index contributed by atoms with van der Waals surface area (Å²) in [6.07, 6.45) is 5.43. The molecule has 2 N–H and O–H groups in total. The summed E-state index contributed by atoms with van der Waals surface area (Å²) in [5.41, 5.74) is 3.02. The first-order valence-corrected chi connectivity index (χ1v) is 12.5. The highest BCUT2D eigenvalue weighted by Crippen LogP contribution is 2.35. The van der Waals surface area contributed by atoms with Crippen LogP contribution in [0.1, 0.15) is 42.7 Å². The maximum Gasteiger partial charge on any atom is 0.414 e. The number of rotatable bonds is 4. The second-order valence-electron chi connectivity index (χ2n) is 9.48. The fraction of sp³-hybridized carbons (Fsp3) is 0.379. The van der Waals surface area contributed by atoms with Gasteiger partial charge in [-0.25, -0.2) is 9.59 Å². The number of nitrogens with zero attached hydrogens (tertiary/aromatic N) is 2. The fourth-order valence-electron chi connectivity index (χ4n) is 5.46. The topological polar surface area (TPSA) is 81.1 Å². The normalized spacial score (nSPS) is 21.1. The van der Waals surface area contributed by atoms with Crippen LogP contribution in [0.25, 0.3) is 10.8 Å². The van der Waals surface area contributed by atoms with E-state index < -0.39 is 11.9 Å². The van der Waals surface area contributed by atoms with Gasteiger partial charge in [0.1, 0.15) is 0 Å². The summed E-state index contributed by atoms with van der Waals surface area (Å²) in [6.45, 7) is 5.93. The summed E-state index contributed by atoms with van der Waals surface area (Å²) in [7, 11) is 0. The summed E-state index contributed by atoms with van der Waals surface area (Å²) in [5.74, 6) is -2.87. The standard InChI is InChI=1S/C27H32N2.C2H2O4/c1-2-7-22(8-3-1)23-13-15-26(16-14-23)29-19-17-28(18-20-29)21-25-11-6-10-24-9-4-5-12-27(24)25;3-1(4)2(5)6/h1-12,23,26H,13-21H2;(H,3,4)(H,5,6). The minimum atomic E-state index is -1.82. The van der Waals surface area contributed by atoms with Crippen LogP contribution in [0.15, 0.2) is 72.8 Å². The Labute approximate surface area is 206 Å². The quantitative estimate of drug-likeness (QED) is 0.527. The fourth-order valence-corrected chi connectivity index (χ4v) is 5.46. The molecule has 0 aromatic heterocycles. The van der Waals surface area contributed by atoms with Gasteiger partial charge < -0.3 is 10.2 Å². The first kappa shape index (κ1) is 24.9. The molecule has 2 aliphatic rings. The number of fused-ring (bicyclic) bond motifs is 1.